The number of hydrogen-bond acceptors (Lipinski definition) is 6. The summed E-state index contributed by atoms with van der Waals surface area (Å²) in [7, 11) is 3.71. The molecule has 2 N–H and O–H groups in total. The molecule has 0 aliphatic heterocycles. The number of nitrogens with two attached hydrogens (primary N) is 1. The van der Waals surface area contributed by atoms with Crippen molar-refractivity contribution in [2.24, 2.45) is 5.73 Å². The Labute approximate surface area is 118 Å². The molecule has 0 saturated carbocycles. The van der Waals surface area contributed by atoms with Crippen LogP contribution < -0.4 is 10.5 Å². The van der Waals surface area contributed by atoms with E-state index in [4.69, 9.17) is 15.0 Å². The molecule has 0 aliphatic rings. The first kappa shape index (κ1) is 14.5. The van der Waals surface area contributed by atoms with Crippen molar-refractivity contribution in [1.29, 1.82) is 0 Å². The summed E-state index contributed by atoms with van der Waals surface area (Å²) in [5.41, 5.74) is 6.63. The van der Waals surface area contributed by atoms with E-state index in [1.54, 1.807) is 7.11 Å². The first-order valence-corrected chi connectivity index (χ1v) is 6.55. The molecule has 0 radical (unpaired) electrons. The second kappa shape index (κ2) is 7.02. The zero-order chi connectivity index (χ0) is 14.4. The maximum absolute atomic E-state index is 5.44. The van der Waals surface area contributed by atoms with E-state index in [0.717, 1.165) is 18.7 Å². The number of likely N-dealkylation sites (N-methyl/N-ethyl adjacent to an activating group) is 1. The summed E-state index contributed by atoms with van der Waals surface area (Å²) in [5, 5.41) is 3.88. The zero-order valence-corrected chi connectivity index (χ0v) is 11.9. The summed E-state index contributed by atoms with van der Waals surface area (Å²) in [4.78, 5) is 6.32. The second-order valence-corrected chi connectivity index (χ2v) is 4.61. The van der Waals surface area contributed by atoms with Crippen LogP contribution in [0.4, 0.5) is 0 Å². The van der Waals surface area contributed by atoms with Gasteiger partial charge in [0.25, 0.3) is 0 Å². The molecule has 0 unspecified atom stereocenters. The monoisotopic (exact) mass is 276 g/mol. The van der Waals surface area contributed by atoms with Crippen LogP contribution in [0.25, 0.3) is 0 Å². The van der Waals surface area contributed by atoms with Gasteiger partial charge in [0.15, 0.2) is 5.82 Å². The highest BCUT2D eigenvalue weighted by molar-refractivity contribution is 5.33. The minimum atomic E-state index is 0.276. The first-order chi connectivity index (χ1) is 9.72. The van der Waals surface area contributed by atoms with Gasteiger partial charge in [-0.2, -0.15) is 4.98 Å². The average Bonchev–Trinajstić information content (AvgIpc) is 2.93. The van der Waals surface area contributed by atoms with E-state index in [1.165, 1.54) is 5.56 Å². The summed E-state index contributed by atoms with van der Waals surface area (Å²) >= 11 is 0. The third-order valence-corrected chi connectivity index (χ3v) is 3.05. The number of hydrogen-bond donors (Lipinski definition) is 1. The zero-order valence-electron chi connectivity index (χ0n) is 11.9. The van der Waals surface area contributed by atoms with Crippen LogP contribution in [0.15, 0.2) is 28.8 Å². The molecule has 2 rings (SSSR count). The van der Waals surface area contributed by atoms with E-state index in [9.17, 15) is 0 Å². The minimum Gasteiger partial charge on any atom is -0.496 e. The third kappa shape index (κ3) is 3.79. The molecule has 0 aliphatic carbocycles. The molecule has 0 fully saturated rings. The number of ether oxygens (including phenoxy) is 1. The Morgan fingerprint density at radius 1 is 1.35 bits per heavy atom. The summed E-state index contributed by atoms with van der Waals surface area (Å²) in [6.45, 7) is 1.80. The molecule has 1 aromatic carbocycles. The Morgan fingerprint density at radius 3 is 2.85 bits per heavy atom. The fraction of sp³-hybridized carbons (Fsp3) is 0.429. The van der Waals surface area contributed by atoms with Crippen molar-refractivity contribution in [1.82, 2.24) is 15.0 Å². The molecule has 0 saturated heterocycles. The lowest BCUT2D eigenvalue weighted by molar-refractivity contribution is 0.308. The fourth-order valence-electron chi connectivity index (χ4n) is 1.98. The van der Waals surface area contributed by atoms with Crippen molar-refractivity contribution >= 4 is 0 Å². The number of aromatic nitrogens is 2. The number of methoxy groups -OCH3 is 1. The molecule has 1 aromatic heterocycles. The Morgan fingerprint density at radius 2 is 2.15 bits per heavy atom. The molecule has 20 heavy (non-hydrogen) atoms. The Balaban J connectivity index is 1.87. The van der Waals surface area contributed by atoms with Crippen LogP contribution >= 0.6 is 0 Å². The largest absolute Gasteiger partial charge is 0.496 e. The van der Waals surface area contributed by atoms with Crippen LogP contribution in [0.1, 0.15) is 17.3 Å². The molecule has 1 heterocycles. The Hall–Kier alpha value is -1.92. The van der Waals surface area contributed by atoms with Crippen molar-refractivity contribution in [3.63, 3.8) is 0 Å². The van der Waals surface area contributed by atoms with Crippen molar-refractivity contribution < 1.29 is 9.26 Å². The van der Waals surface area contributed by atoms with Crippen LogP contribution in [0, 0.1) is 0 Å². The number of rotatable bonds is 7. The summed E-state index contributed by atoms with van der Waals surface area (Å²) in [6.07, 6.45) is 0.905. The van der Waals surface area contributed by atoms with Crippen molar-refractivity contribution in [3.8, 4) is 5.75 Å². The lowest BCUT2D eigenvalue weighted by Gasteiger charge is -2.15. The van der Waals surface area contributed by atoms with Crippen LogP contribution in [-0.4, -0.2) is 35.7 Å². The average molecular weight is 276 g/mol. The van der Waals surface area contributed by atoms with Crippen LogP contribution in [0.5, 0.6) is 5.75 Å². The number of nitrogens with zero attached hydrogens (tertiary/aromatic N) is 3. The Kier molecular flexibility index (Phi) is 5.09. The molecule has 6 nitrogen and oxygen atoms in total. The first-order valence-electron chi connectivity index (χ1n) is 6.55. The molecular weight excluding hydrogens is 256 g/mol. The van der Waals surface area contributed by atoms with Gasteiger partial charge in [-0.1, -0.05) is 23.4 Å². The highest BCUT2D eigenvalue weighted by Crippen LogP contribution is 2.18. The van der Waals surface area contributed by atoms with Crippen molar-refractivity contribution in [2.75, 3.05) is 20.7 Å². The van der Waals surface area contributed by atoms with E-state index < -0.39 is 0 Å². The normalized spacial score (nSPS) is 11.0. The fourth-order valence-corrected chi connectivity index (χ4v) is 1.98. The third-order valence-electron chi connectivity index (χ3n) is 3.05. The van der Waals surface area contributed by atoms with Gasteiger partial charge in [0, 0.05) is 6.54 Å². The second-order valence-electron chi connectivity index (χ2n) is 4.61. The maximum Gasteiger partial charge on any atom is 0.240 e. The predicted octanol–water partition coefficient (Wildman–Crippen LogP) is 1.21. The summed E-state index contributed by atoms with van der Waals surface area (Å²) < 4.78 is 10.3. The lowest BCUT2D eigenvalue weighted by atomic mass is 10.1. The SMILES string of the molecule is COc1ccccc1CCN(C)Cc1noc(CN)n1. The van der Waals surface area contributed by atoms with Gasteiger partial charge in [0.2, 0.25) is 5.89 Å². The van der Waals surface area contributed by atoms with E-state index >= 15 is 0 Å². The van der Waals surface area contributed by atoms with E-state index in [0.29, 0.717) is 18.3 Å². The number of para-hydroxylation sites is 1. The van der Waals surface area contributed by atoms with E-state index in [1.807, 2.05) is 25.2 Å². The lowest BCUT2D eigenvalue weighted by Crippen LogP contribution is -2.21. The van der Waals surface area contributed by atoms with E-state index in [-0.39, 0.29) is 6.54 Å². The van der Waals surface area contributed by atoms with Gasteiger partial charge in [-0.3, -0.25) is 4.90 Å². The number of benzene rings is 1. The highest BCUT2D eigenvalue weighted by Gasteiger charge is 2.09. The van der Waals surface area contributed by atoms with Crippen molar-refractivity contribution in [2.45, 2.75) is 19.5 Å². The minimum absolute atomic E-state index is 0.276. The van der Waals surface area contributed by atoms with Gasteiger partial charge >= 0.3 is 0 Å². The predicted molar refractivity (Wildman–Crippen MR) is 75.2 cm³/mol. The summed E-state index contributed by atoms with van der Waals surface area (Å²) in [6, 6.07) is 8.04. The highest BCUT2D eigenvalue weighted by atomic mass is 16.5. The van der Waals surface area contributed by atoms with Gasteiger partial charge in [0.1, 0.15) is 5.75 Å². The van der Waals surface area contributed by atoms with Crippen LogP contribution in [0.2, 0.25) is 0 Å². The van der Waals surface area contributed by atoms with Gasteiger partial charge in [0.05, 0.1) is 20.2 Å². The quantitative estimate of drug-likeness (QED) is 0.819. The molecular formula is C14H20N4O2. The van der Waals surface area contributed by atoms with Crippen LogP contribution in [-0.2, 0) is 19.5 Å². The van der Waals surface area contributed by atoms with E-state index in [2.05, 4.69) is 21.1 Å². The molecule has 0 spiro atoms. The molecule has 0 bridgehead atoms. The molecule has 108 valence electrons. The molecule has 0 atom stereocenters. The van der Waals surface area contributed by atoms with Gasteiger partial charge in [-0.15, -0.1) is 0 Å². The topological polar surface area (TPSA) is 77.4 Å². The van der Waals surface area contributed by atoms with Gasteiger partial charge in [-0.05, 0) is 25.1 Å². The van der Waals surface area contributed by atoms with Crippen LogP contribution in [0.3, 0.4) is 0 Å². The molecule has 2 aromatic rings. The van der Waals surface area contributed by atoms with Gasteiger partial charge < -0.3 is 15.0 Å². The molecule has 0 amide bonds. The molecule has 6 heteroatoms. The standard InChI is InChI=1S/C14H20N4O2/c1-18(10-13-16-14(9-15)20-17-13)8-7-11-5-3-4-6-12(11)19-2/h3-6H,7-10,15H2,1-2H3. The maximum atomic E-state index is 5.44. The Bertz CT molecular complexity index is 541. The van der Waals surface area contributed by atoms with Crippen molar-refractivity contribution in [3.05, 3.63) is 41.5 Å². The smallest absolute Gasteiger partial charge is 0.240 e. The van der Waals surface area contributed by atoms with Gasteiger partial charge in [-0.25, -0.2) is 0 Å². The summed E-state index contributed by atoms with van der Waals surface area (Å²) in [5.74, 6) is 2.05.